The third kappa shape index (κ3) is 4.39. The number of rotatable bonds is 9. The molecule has 0 spiro atoms. The second kappa shape index (κ2) is 9.69. The Morgan fingerprint density at radius 3 is 2.25 bits per heavy atom. The predicted molar refractivity (Wildman–Crippen MR) is 111 cm³/mol. The molecule has 2 aromatic rings. The van der Waals surface area contributed by atoms with Gasteiger partial charge in [0.15, 0.2) is 17.3 Å². The van der Waals surface area contributed by atoms with Gasteiger partial charge in [0.1, 0.15) is 5.75 Å². The normalized spacial score (nSPS) is 11.1. The van der Waals surface area contributed by atoms with Gasteiger partial charge in [0.05, 0.1) is 33.6 Å². The molecule has 0 unspecified atom stereocenters. The highest BCUT2D eigenvalue weighted by atomic mass is 16.5. The van der Waals surface area contributed by atoms with Crippen molar-refractivity contribution in [1.29, 1.82) is 0 Å². The van der Waals surface area contributed by atoms with Crippen molar-refractivity contribution in [2.45, 2.75) is 20.3 Å². The van der Waals surface area contributed by atoms with Gasteiger partial charge in [-0.2, -0.15) is 0 Å². The fourth-order valence-corrected chi connectivity index (χ4v) is 2.90. The summed E-state index contributed by atoms with van der Waals surface area (Å²) in [6, 6.07) is 8.67. The molecule has 0 aliphatic heterocycles. The molecule has 6 heteroatoms. The quantitative estimate of drug-likeness (QED) is 0.392. The molecular formula is C22H27NO5. The highest BCUT2D eigenvalue weighted by molar-refractivity contribution is 6.11. The fraction of sp³-hybridized carbons (Fsp3) is 0.318. The average molecular weight is 385 g/mol. The van der Waals surface area contributed by atoms with Crippen LogP contribution in [0.15, 0.2) is 35.9 Å². The lowest BCUT2D eigenvalue weighted by atomic mass is 9.98. The minimum atomic E-state index is -0.0970. The van der Waals surface area contributed by atoms with Gasteiger partial charge in [0.25, 0.3) is 0 Å². The van der Waals surface area contributed by atoms with Crippen molar-refractivity contribution in [3.63, 3.8) is 0 Å². The van der Waals surface area contributed by atoms with E-state index < -0.39 is 0 Å². The number of nitrogens with two attached hydrogens (primary N) is 1. The summed E-state index contributed by atoms with van der Waals surface area (Å²) in [5.74, 6) is 1.95. The third-order valence-electron chi connectivity index (χ3n) is 4.31. The van der Waals surface area contributed by atoms with Crippen LogP contribution in [0.25, 0.3) is 6.08 Å². The largest absolute Gasteiger partial charge is 0.493 e. The summed E-state index contributed by atoms with van der Waals surface area (Å²) in [4.78, 5) is 13.1. The Morgan fingerprint density at radius 1 is 0.964 bits per heavy atom. The van der Waals surface area contributed by atoms with E-state index in [4.69, 9.17) is 24.7 Å². The maximum absolute atomic E-state index is 13.1. The third-order valence-corrected chi connectivity index (χ3v) is 4.31. The van der Waals surface area contributed by atoms with E-state index in [1.54, 1.807) is 51.7 Å². The number of nitrogen functional groups attached to an aromatic ring is 1. The molecule has 0 saturated heterocycles. The topological polar surface area (TPSA) is 80.0 Å². The number of Topliss-reactive ketones (excluding diaryl/α,β-unsaturated/α-hetero) is 1. The molecule has 0 radical (unpaired) electrons. The zero-order valence-electron chi connectivity index (χ0n) is 17.0. The van der Waals surface area contributed by atoms with Crippen molar-refractivity contribution in [3.8, 4) is 23.0 Å². The van der Waals surface area contributed by atoms with E-state index in [1.807, 2.05) is 19.9 Å². The number of allylic oxidation sites excluding steroid dienone is 1. The zero-order valence-corrected chi connectivity index (χ0v) is 17.0. The molecule has 0 heterocycles. The van der Waals surface area contributed by atoms with Crippen molar-refractivity contribution < 1.29 is 23.7 Å². The molecule has 2 N–H and O–H groups in total. The number of carbonyl (C=O) groups is 1. The van der Waals surface area contributed by atoms with Crippen LogP contribution in [0, 0.1) is 0 Å². The molecule has 0 atom stereocenters. The van der Waals surface area contributed by atoms with Crippen LogP contribution in [0.2, 0.25) is 0 Å². The lowest BCUT2D eigenvalue weighted by Gasteiger charge is -2.15. The fourth-order valence-electron chi connectivity index (χ4n) is 2.90. The lowest BCUT2D eigenvalue weighted by molar-refractivity contribution is 0.103. The van der Waals surface area contributed by atoms with E-state index in [9.17, 15) is 4.79 Å². The number of hydrogen-bond acceptors (Lipinski definition) is 6. The van der Waals surface area contributed by atoms with Gasteiger partial charge >= 0.3 is 0 Å². The van der Waals surface area contributed by atoms with Gasteiger partial charge in [-0.25, -0.2) is 0 Å². The summed E-state index contributed by atoms with van der Waals surface area (Å²) in [5, 5.41) is 0. The average Bonchev–Trinajstić information content (AvgIpc) is 2.72. The van der Waals surface area contributed by atoms with E-state index >= 15 is 0 Å². The Labute approximate surface area is 165 Å². The van der Waals surface area contributed by atoms with Gasteiger partial charge in [-0.1, -0.05) is 6.92 Å². The number of hydrogen-bond donors (Lipinski definition) is 1. The van der Waals surface area contributed by atoms with Crippen LogP contribution in [0.5, 0.6) is 23.0 Å². The van der Waals surface area contributed by atoms with Gasteiger partial charge in [0.2, 0.25) is 5.75 Å². The molecule has 28 heavy (non-hydrogen) atoms. The lowest BCUT2D eigenvalue weighted by Crippen LogP contribution is -2.05. The van der Waals surface area contributed by atoms with E-state index in [0.717, 1.165) is 5.56 Å². The summed E-state index contributed by atoms with van der Waals surface area (Å²) < 4.78 is 21.7. The molecule has 0 aliphatic carbocycles. The Balaban J connectivity index is 2.49. The van der Waals surface area contributed by atoms with E-state index in [0.29, 0.717) is 52.8 Å². The maximum atomic E-state index is 13.1. The molecule has 0 aromatic heterocycles. The van der Waals surface area contributed by atoms with Crippen molar-refractivity contribution in [2.75, 3.05) is 33.7 Å². The van der Waals surface area contributed by atoms with Gasteiger partial charge in [0, 0.05) is 16.7 Å². The molecule has 2 aromatic carbocycles. The molecule has 0 saturated carbocycles. The monoisotopic (exact) mass is 385 g/mol. The zero-order chi connectivity index (χ0) is 20.7. The first-order chi connectivity index (χ1) is 13.5. The number of benzene rings is 2. The van der Waals surface area contributed by atoms with Crippen molar-refractivity contribution >= 4 is 17.5 Å². The highest BCUT2D eigenvalue weighted by Crippen LogP contribution is 2.41. The molecule has 2 rings (SSSR count). The second-order valence-electron chi connectivity index (χ2n) is 5.96. The molecule has 0 fully saturated rings. The number of methoxy groups -OCH3 is 3. The van der Waals surface area contributed by atoms with Crippen LogP contribution in [-0.2, 0) is 0 Å². The number of carbonyl (C=O) groups excluding carboxylic acids is 1. The van der Waals surface area contributed by atoms with Crippen LogP contribution < -0.4 is 24.7 Å². The van der Waals surface area contributed by atoms with Gasteiger partial charge in [-0.15, -0.1) is 0 Å². The van der Waals surface area contributed by atoms with Crippen LogP contribution in [0.3, 0.4) is 0 Å². The van der Waals surface area contributed by atoms with Gasteiger partial charge in [-0.05, 0) is 49.8 Å². The number of anilines is 1. The van der Waals surface area contributed by atoms with E-state index in [2.05, 4.69) is 0 Å². The maximum Gasteiger partial charge on any atom is 0.203 e. The molecule has 0 bridgehead atoms. The minimum Gasteiger partial charge on any atom is -0.493 e. The second-order valence-corrected chi connectivity index (χ2v) is 5.96. The van der Waals surface area contributed by atoms with E-state index in [-0.39, 0.29) is 5.78 Å². The summed E-state index contributed by atoms with van der Waals surface area (Å²) in [5.41, 5.74) is 8.28. The van der Waals surface area contributed by atoms with Crippen LogP contribution >= 0.6 is 0 Å². The molecular weight excluding hydrogens is 358 g/mol. The minimum absolute atomic E-state index is 0.0970. The highest BCUT2D eigenvalue weighted by Gasteiger charge is 2.18. The Kier molecular flexibility index (Phi) is 7.32. The predicted octanol–water partition coefficient (Wildman–Crippen LogP) is 4.37. The summed E-state index contributed by atoms with van der Waals surface area (Å²) >= 11 is 0. The van der Waals surface area contributed by atoms with Crippen LogP contribution in [-0.4, -0.2) is 33.7 Å². The Hall–Kier alpha value is -3.15. The molecule has 0 aliphatic rings. The summed E-state index contributed by atoms with van der Waals surface area (Å²) in [7, 11) is 4.66. The first-order valence-electron chi connectivity index (χ1n) is 9.07. The Bertz CT molecular complexity index is 873. The standard InChI is InChI=1S/C22H27NO5/c1-6-14(20(24)15-8-10-17(23)19(13-15)28-7-2)12-16-9-11-18(25-3)22(27-5)21(16)26-4/h8-13H,6-7,23H2,1-5H3/b14-12+. The number of ketones is 1. The number of ether oxygens (including phenoxy) is 4. The van der Waals surface area contributed by atoms with Gasteiger partial charge < -0.3 is 24.7 Å². The SMILES string of the molecule is CCOc1cc(C(=O)/C(=C/c2ccc(OC)c(OC)c2OC)CC)ccc1N. The first kappa shape index (κ1) is 21.2. The van der Waals surface area contributed by atoms with E-state index in [1.165, 1.54) is 0 Å². The molecule has 150 valence electrons. The summed E-state index contributed by atoms with van der Waals surface area (Å²) in [6.07, 6.45) is 2.35. The Morgan fingerprint density at radius 2 is 1.68 bits per heavy atom. The molecule has 0 amide bonds. The van der Waals surface area contributed by atoms with Crippen molar-refractivity contribution in [2.24, 2.45) is 0 Å². The van der Waals surface area contributed by atoms with Crippen LogP contribution in [0.1, 0.15) is 36.2 Å². The van der Waals surface area contributed by atoms with Crippen molar-refractivity contribution in [1.82, 2.24) is 0 Å². The van der Waals surface area contributed by atoms with Crippen molar-refractivity contribution in [3.05, 3.63) is 47.0 Å². The smallest absolute Gasteiger partial charge is 0.203 e. The summed E-state index contributed by atoms with van der Waals surface area (Å²) in [6.45, 7) is 4.27. The molecule has 6 nitrogen and oxygen atoms in total. The first-order valence-corrected chi connectivity index (χ1v) is 9.07. The van der Waals surface area contributed by atoms with Gasteiger partial charge in [-0.3, -0.25) is 4.79 Å². The van der Waals surface area contributed by atoms with Crippen LogP contribution in [0.4, 0.5) is 5.69 Å².